The van der Waals surface area contributed by atoms with E-state index in [4.69, 9.17) is 10.00 Å². The van der Waals surface area contributed by atoms with Gasteiger partial charge >= 0.3 is 0 Å². The van der Waals surface area contributed by atoms with Crippen LogP contribution in [0.4, 0.5) is 0 Å². The molecular formula is C13H12IN3O. The van der Waals surface area contributed by atoms with Crippen molar-refractivity contribution in [3.05, 3.63) is 45.8 Å². The minimum absolute atomic E-state index is 0.616. The molecule has 1 aromatic carbocycles. The zero-order valence-electron chi connectivity index (χ0n) is 9.71. The van der Waals surface area contributed by atoms with E-state index >= 15 is 0 Å². The number of halogens is 1. The Morgan fingerprint density at radius 2 is 2.33 bits per heavy atom. The molecule has 0 aliphatic carbocycles. The first-order valence-electron chi connectivity index (χ1n) is 5.59. The van der Waals surface area contributed by atoms with Gasteiger partial charge in [0.2, 0.25) is 0 Å². The predicted molar refractivity (Wildman–Crippen MR) is 76.2 cm³/mol. The summed E-state index contributed by atoms with van der Waals surface area (Å²) < 4.78 is 8.62. The Bertz CT molecular complexity index is 559. The molecule has 2 rings (SSSR count). The maximum Gasteiger partial charge on any atom is 0.120 e. The Hall–Kier alpha value is -1.55. The van der Waals surface area contributed by atoms with Crippen LogP contribution >= 0.6 is 22.6 Å². The number of hydrogen-bond donors (Lipinski definition) is 0. The number of nitrogens with zero attached hydrogens (tertiary/aromatic N) is 3. The van der Waals surface area contributed by atoms with Gasteiger partial charge in [-0.3, -0.25) is 4.68 Å². The van der Waals surface area contributed by atoms with E-state index in [9.17, 15) is 0 Å². The van der Waals surface area contributed by atoms with Gasteiger partial charge in [0.25, 0.3) is 0 Å². The number of benzene rings is 1. The highest BCUT2D eigenvalue weighted by atomic mass is 127. The van der Waals surface area contributed by atoms with Gasteiger partial charge in [0.1, 0.15) is 5.75 Å². The van der Waals surface area contributed by atoms with Crippen molar-refractivity contribution in [2.24, 2.45) is 0 Å². The minimum Gasteiger partial charge on any atom is -0.493 e. The fraction of sp³-hybridized carbons (Fsp3) is 0.231. The second kappa shape index (κ2) is 6.40. The first kappa shape index (κ1) is 12.9. The summed E-state index contributed by atoms with van der Waals surface area (Å²) in [5.41, 5.74) is 0.620. The monoisotopic (exact) mass is 353 g/mol. The van der Waals surface area contributed by atoms with E-state index < -0.39 is 0 Å². The molecule has 0 fully saturated rings. The van der Waals surface area contributed by atoms with Crippen molar-refractivity contribution in [3.8, 4) is 11.8 Å². The molecule has 0 aliphatic rings. The molecule has 0 aliphatic heterocycles. The molecule has 0 saturated carbocycles. The predicted octanol–water partition coefficient (Wildman–Crippen LogP) is 2.83. The largest absolute Gasteiger partial charge is 0.493 e. The van der Waals surface area contributed by atoms with E-state index in [1.807, 2.05) is 29.2 Å². The van der Waals surface area contributed by atoms with Gasteiger partial charge in [-0.2, -0.15) is 10.4 Å². The summed E-state index contributed by atoms with van der Waals surface area (Å²) in [5.74, 6) is 0.740. The van der Waals surface area contributed by atoms with Gasteiger partial charge in [-0.15, -0.1) is 0 Å². The third-order valence-electron chi connectivity index (χ3n) is 2.37. The van der Waals surface area contributed by atoms with Gasteiger partial charge in [0, 0.05) is 19.2 Å². The molecule has 0 amide bonds. The van der Waals surface area contributed by atoms with E-state index in [1.54, 1.807) is 12.1 Å². The van der Waals surface area contributed by atoms with Gasteiger partial charge < -0.3 is 4.74 Å². The summed E-state index contributed by atoms with van der Waals surface area (Å²) in [6.07, 6.45) is 4.71. The lowest BCUT2D eigenvalue weighted by atomic mass is 10.2. The maximum absolute atomic E-state index is 8.77. The fourth-order valence-corrected chi connectivity index (χ4v) is 1.98. The molecule has 0 unspecified atom stereocenters. The quantitative estimate of drug-likeness (QED) is 0.614. The molecular weight excluding hydrogens is 341 g/mol. The van der Waals surface area contributed by atoms with Gasteiger partial charge in [-0.05, 0) is 40.8 Å². The van der Waals surface area contributed by atoms with Gasteiger partial charge in [-0.1, -0.05) is 6.07 Å². The molecule has 18 heavy (non-hydrogen) atoms. The van der Waals surface area contributed by atoms with E-state index in [0.29, 0.717) is 12.2 Å². The molecule has 0 saturated heterocycles. The minimum atomic E-state index is 0.616. The van der Waals surface area contributed by atoms with E-state index in [-0.39, 0.29) is 0 Å². The Morgan fingerprint density at radius 1 is 1.44 bits per heavy atom. The second-order valence-corrected chi connectivity index (χ2v) is 5.01. The highest BCUT2D eigenvalue weighted by Crippen LogP contribution is 2.12. The zero-order valence-corrected chi connectivity index (χ0v) is 11.9. The first-order chi connectivity index (χ1) is 8.78. The third kappa shape index (κ3) is 3.74. The number of hydrogen-bond acceptors (Lipinski definition) is 3. The van der Waals surface area contributed by atoms with Crippen molar-refractivity contribution in [2.45, 2.75) is 13.0 Å². The number of aryl methyl sites for hydroxylation is 1. The molecule has 92 valence electrons. The molecule has 0 spiro atoms. The number of rotatable bonds is 5. The van der Waals surface area contributed by atoms with Crippen molar-refractivity contribution in [2.75, 3.05) is 6.61 Å². The van der Waals surface area contributed by atoms with Gasteiger partial charge in [0.15, 0.2) is 0 Å². The van der Waals surface area contributed by atoms with Crippen LogP contribution < -0.4 is 4.74 Å². The van der Waals surface area contributed by atoms with Crippen molar-refractivity contribution in [3.63, 3.8) is 0 Å². The number of aromatic nitrogens is 2. The van der Waals surface area contributed by atoms with Crippen LogP contribution in [-0.4, -0.2) is 16.4 Å². The molecule has 5 heteroatoms. The molecule has 0 atom stereocenters. The van der Waals surface area contributed by atoms with Crippen LogP contribution in [0.3, 0.4) is 0 Å². The molecule has 0 radical (unpaired) electrons. The molecule has 2 aromatic rings. The second-order valence-electron chi connectivity index (χ2n) is 3.76. The SMILES string of the molecule is N#Cc1cccc(OCCCn2cc(I)cn2)c1. The normalized spacial score (nSPS) is 10.0. The van der Waals surface area contributed by atoms with Crippen LogP contribution in [0.25, 0.3) is 0 Å². The van der Waals surface area contributed by atoms with Crippen LogP contribution in [0.15, 0.2) is 36.7 Å². The van der Waals surface area contributed by atoms with Crippen molar-refractivity contribution in [1.82, 2.24) is 9.78 Å². The topological polar surface area (TPSA) is 50.8 Å². The lowest BCUT2D eigenvalue weighted by molar-refractivity contribution is 0.298. The Kier molecular flexibility index (Phi) is 4.59. The van der Waals surface area contributed by atoms with Crippen LogP contribution in [0.1, 0.15) is 12.0 Å². The number of nitriles is 1. The van der Waals surface area contributed by atoms with Crippen LogP contribution in [0.2, 0.25) is 0 Å². The Balaban J connectivity index is 1.77. The fourth-order valence-electron chi connectivity index (χ4n) is 1.53. The van der Waals surface area contributed by atoms with Crippen molar-refractivity contribution < 1.29 is 4.74 Å². The summed E-state index contributed by atoms with van der Waals surface area (Å²) in [6, 6.07) is 9.28. The zero-order chi connectivity index (χ0) is 12.8. The molecule has 0 N–H and O–H groups in total. The maximum atomic E-state index is 8.77. The molecule has 0 bridgehead atoms. The van der Waals surface area contributed by atoms with E-state index in [2.05, 4.69) is 33.8 Å². The highest BCUT2D eigenvalue weighted by molar-refractivity contribution is 14.1. The van der Waals surface area contributed by atoms with Gasteiger partial charge in [0.05, 0.1) is 28.0 Å². The molecule has 1 heterocycles. The molecule has 4 nitrogen and oxygen atoms in total. The summed E-state index contributed by atoms with van der Waals surface area (Å²) in [6.45, 7) is 1.45. The van der Waals surface area contributed by atoms with Crippen LogP contribution in [-0.2, 0) is 6.54 Å². The lowest BCUT2D eigenvalue weighted by Gasteiger charge is -2.06. The summed E-state index contributed by atoms with van der Waals surface area (Å²) in [7, 11) is 0. The Morgan fingerprint density at radius 3 is 3.06 bits per heavy atom. The van der Waals surface area contributed by atoms with E-state index in [1.165, 1.54) is 0 Å². The van der Waals surface area contributed by atoms with Crippen LogP contribution in [0, 0.1) is 14.9 Å². The third-order valence-corrected chi connectivity index (χ3v) is 2.92. The van der Waals surface area contributed by atoms with Crippen LogP contribution in [0.5, 0.6) is 5.75 Å². The Labute approximate surface area is 119 Å². The van der Waals surface area contributed by atoms with Crippen molar-refractivity contribution >= 4 is 22.6 Å². The average molecular weight is 353 g/mol. The average Bonchev–Trinajstić information content (AvgIpc) is 2.81. The summed E-state index contributed by atoms with van der Waals surface area (Å²) >= 11 is 2.23. The molecule has 1 aromatic heterocycles. The van der Waals surface area contributed by atoms with Crippen molar-refractivity contribution in [1.29, 1.82) is 5.26 Å². The van der Waals surface area contributed by atoms with Gasteiger partial charge in [-0.25, -0.2) is 0 Å². The van der Waals surface area contributed by atoms with E-state index in [0.717, 1.165) is 22.3 Å². The smallest absolute Gasteiger partial charge is 0.120 e. The summed E-state index contributed by atoms with van der Waals surface area (Å²) in [5, 5.41) is 13.0. The standard InChI is InChI=1S/C13H12IN3O/c14-12-9-16-17(10-12)5-2-6-18-13-4-1-3-11(7-13)8-15/h1,3-4,7,9-10H,2,5-6H2. The number of ether oxygens (including phenoxy) is 1. The lowest BCUT2D eigenvalue weighted by Crippen LogP contribution is -2.04. The summed E-state index contributed by atoms with van der Waals surface area (Å²) in [4.78, 5) is 0. The highest BCUT2D eigenvalue weighted by Gasteiger charge is 1.98. The first-order valence-corrected chi connectivity index (χ1v) is 6.67.